The van der Waals surface area contributed by atoms with Crippen LogP contribution in [0.1, 0.15) is 33.0 Å². The zero-order valence-electron chi connectivity index (χ0n) is 9.73. The highest BCUT2D eigenvalue weighted by atomic mass is 16.6. The van der Waals surface area contributed by atoms with Crippen LogP contribution in [0.3, 0.4) is 0 Å². The SMILES string of the molecule is CC(C)(C)OC(=O)[C@@H](N)CCc1nnn[nH]1. The number of hydrogen-bond acceptors (Lipinski definition) is 6. The van der Waals surface area contributed by atoms with Crippen molar-refractivity contribution in [2.45, 2.75) is 45.3 Å². The first kappa shape index (κ1) is 12.6. The fraction of sp³-hybridized carbons (Fsp3) is 0.778. The van der Waals surface area contributed by atoms with Gasteiger partial charge in [0, 0.05) is 6.42 Å². The van der Waals surface area contributed by atoms with Gasteiger partial charge in [0.15, 0.2) is 0 Å². The van der Waals surface area contributed by atoms with E-state index in [0.29, 0.717) is 18.7 Å². The van der Waals surface area contributed by atoms with Gasteiger partial charge in [0.25, 0.3) is 0 Å². The molecule has 1 heterocycles. The highest BCUT2D eigenvalue weighted by Crippen LogP contribution is 2.09. The van der Waals surface area contributed by atoms with Crippen LogP contribution in [0.2, 0.25) is 0 Å². The van der Waals surface area contributed by atoms with Gasteiger partial charge in [-0.1, -0.05) is 0 Å². The number of H-pyrrole nitrogens is 1. The lowest BCUT2D eigenvalue weighted by atomic mass is 10.1. The topological polar surface area (TPSA) is 107 Å². The van der Waals surface area contributed by atoms with Crippen molar-refractivity contribution in [3.05, 3.63) is 5.82 Å². The van der Waals surface area contributed by atoms with E-state index in [-0.39, 0.29) is 0 Å². The Morgan fingerprint density at radius 1 is 1.56 bits per heavy atom. The molecule has 0 spiro atoms. The molecule has 0 unspecified atom stereocenters. The minimum Gasteiger partial charge on any atom is -0.459 e. The monoisotopic (exact) mass is 227 g/mol. The summed E-state index contributed by atoms with van der Waals surface area (Å²) < 4.78 is 5.14. The van der Waals surface area contributed by atoms with Crippen molar-refractivity contribution in [1.29, 1.82) is 0 Å². The second kappa shape index (κ2) is 5.02. The number of tetrazole rings is 1. The molecule has 0 radical (unpaired) electrons. The summed E-state index contributed by atoms with van der Waals surface area (Å²) in [6, 6.07) is -0.649. The molecule has 0 saturated carbocycles. The van der Waals surface area contributed by atoms with E-state index in [1.165, 1.54) is 0 Å². The second-order valence-electron chi connectivity index (χ2n) is 4.53. The Morgan fingerprint density at radius 2 is 2.25 bits per heavy atom. The van der Waals surface area contributed by atoms with Crippen LogP contribution in [-0.2, 0) is 16.0 Å². The maximum absolute atomic E-state index is 11.5. The number of esters is 1. The van der Waals surface area contributed by atoms with E-state index in [2.05, 4.69) is 20.6 Å². The van der Waals surface area contributed by atoms with Gasteiger partial charge in [-0.3, -0.25) is 4.79 Å². The standard InChI is InChI=1S/C9H17N5O2/c1-9(2,3)16-8(15)6(10)4-5-7-11-13-14-12-7/h6H,4-5,10H2,1-3H3,(H,11,12,13,14)/t6-/m0/s1. The van der Waals surface area contributed by atoms with E-state index < -0.39 is 17.6 Å². The minimum atomic E-state index is -0.649. The number of nitrogens with two attached hydrogens (primary N) is 1. The molecule has 0 amide bonds. The van der Waals surface area contributed by atoms with Crippen molar-refractivity contribution in [2.24, 2.45) is 5.73 Å². The average molecular weight is 227 g/mol. The number of ether oxygens (including phenoxy) is 1. The normalized spacial score (nSPS) is 13.5. The molecule has 1 atom stereocenters. The van der Waals surface area contributed by atoms with Crippen LogP contribution in [0.25, 0.3) is 0 Å². The van der Waals surface area contributed by atoms with Gasteiger partial charge in [-0.15, -0.1) is 5.10 Å². The first-order valence-electron chi connectivity index (χ1n) is 5.09. The second-order valence-corrected chi connectivity index (χ2v) is 4.53. The Hall–Kier alpha value is -1.50. The van der Waals surface area contributed by atoms with Crippen LogP contribution in [0.15, 0.2) is 0 Å². The minimum absolute atomic E-state index is 0.403. The van der Waals surface area contributed by atoms with Gasteiger partial charge < -0.3 is 10.5 Å². The Labute approximate surface area is 93.7 Å². The van der Waals surface area contributed by atoms with Crippen molar-refractivity contribution >= 4 is 5.97 Å². The average Bonchev–Trinajstić information content (AvgIpc) is 2.63. The fourth-order valence-electron chi connectivity index (χ4n) is 1.07. The maximum Gasteiger partial charge on any atom is 0.323 e. The molecule has 1 rings (SSSR count). The first-order chi connectivity index (χ1) is 7.38. The maximum atomic E-state index is 11.5. The van der Waals surface area contributed by atoms with E-state index >= 15 is 0 Å². The molecule has 90 valence electrons. The highest BCUT2D eigenvalue weighted by Gasteiger charge is 2.22. The van der Waals surface area contributed by atoms with Crippen molar-refractivity contribution in [3.8, 4) is 0 Å². The van der Waals surface area contributed by atoms with Gasteiger partial charge >= 0.3 is 5.97 Å². The predicted octanol–water partition coefficient (Wildman–Crippen LogP) is -0.199. The number of carbonyl (C=O) groups is 1. The van der Waals surface area contributed by atoms with E-state index in [9.17, 15) is 4.79 Å². The van der Waals surface area contributed by atoms with Gasteiger partial charge in [-0.25, -0.2) is 5.10 Å². The Morgan fingerprint density at radius 3 is 2.75 bits per heavy atom. The number of rotatable bonds is 4. The number of aryl methyl sites for hydroxylation is 1. The number of carbonyl (C=O) groups excluding carboxylic acids is 1. The molecule has 0 aliphatic heterocycles. The summed E-state index contributed by atoms with van der Waals surface area (Å²) >= 11 is 0. The largest absolute Gasteiger partial charge is 0.459 e. The molecule has 16 heavy (non-hydrogen) atoms. The van der Waals surface area contributed by atoms with Crippen LogP contribution < -0.4 is 5.73 Å². The zero-order valence-corrected chi connectivity index (χ0v) is 9.73. The molecular weight excluding hydrogens is 210 g/mol. The van der Waals surface area contributed by atoms with E-state index in [1.807, 2.05) is 0 Å². The summed E-state index contributed by atoms with van der Waals surface area (Å²) in [5, 5.41) is 13.2. The summed E-state index contributed by atoms with van der Waals surface area (Å²) in [6.07, 6.45) is 0.971. The highest BCUT2D eigenvalue weighted by molar-refractivity contribution is 5.75. The quantitative estimate of drug-likeness (QED) is 0.690. The van der Waals surface area contributed by atoms with Gasteiger partial charge in [-0.05, 0) is 37.6 Å². The Bertz CT molecular complexity index is 330. The number of aromatic amines is 1. The molecule has 7 heteroatoms. The molecule has 0 fully saturated rings. The third-order valence-electron chi connectivity index (χ3n) is 1.79. The lowest BCUT2D eigenvalue weighted by Crippen LogP contribution is -2.37. The summed E-state index contributed by atoms with van der Waals surface area (Å²) in [5.41, 5.74) is 5.17. The summed E-state index contributed by atoms with van der Waals surface area (Å²) in [5.74, 6) is 0.207. The Balaban J connectivity index is 2.35. The van der Waals surface area contributed by atoms with Crippen molar-refractivity contribution in [2.75, 3.05) is 0 Å². The predicted molar refractivity (Wildman–Crippen MR) is 56.3 cm³/mol. The number of nitrogens with zero attached hydrogens (tertiary/aromatic N) is 3. The molecule has 0 aromatic carbocycles. The molecule has 7 nitrogen and oxygen atoms in total. The molecular formula is C9H17N5O2. The van der Waals surface area contributed by atoms with Crippen molar-refractivity contribution in [1.82, 2.24) is 20.6 Å². The summed E-state index contributed by atoms with van der Waals surface area (Å²) in [7, 11) is 0. The molecule has 0 aliphatic carbocycles. The third kappa shape index (κ3) is 4.35. The smallest absolute Gasteiger partial charge is 0.323 e. The van der Waals surface area contributed by atoms with Crippen LogP contribution in [-0.4, -0.2) is 38.2 Å². The van der Waals surface area contributed by atoms with Crippen LogP contribution in [0.4, 0.5) is 0 Å². The first-order valence-corrected chi connectivity index (χ1v) is 5.09. The van der Waals surface area contributed by atoms with Gasteiger partial charge in [0.2, 0.25) is 0 Å². The van der Waals surface area contributed by atoms with E-state index in [4.69, 9.17) is 10.5 Å². The van der Waals surface area contributed by atoms with E-state index in [0.717, 1.165) is 0 Å². The van der Waals surface area contributed by atoms with Crippen LogP contribution >= 0.6 is 0 Å². The molecule has 1 aromatic heterocycles. The molecule has 0 bridgehead atoms. The Kier molecular flexibility index (Phi) is 3.94. The molecule has 0 aliphatic rings. The fourth-order valence-corrected chi connectivity index (χ4v) is 1.07. The van der Waals surface area contributed by atoms with Crippen molar-refractivity contribution < 1.29 is 9.53 Å². The molecule has 1 aromatic rings. The number of aromatic nitrogens is 4. The van der Waals surface area contributed by atoms with Gasteiger partial charge in [0.05, 0.1) is 0 Å². The van der Waals surface area contributed by atoms with Gasteiger partial charge in [0.1, 0.15) is 17.5 Å². The lowest BCUT2D eigenvalue weighted by molar-refractivity contribution is -0.156. The number of nitrogens with one attached hydrogen (secondary N) is 1. The number of hydrogen-bond donors (Lipinski definition) is 2. The molecule has 3 N–H and O–H groups in total. The van der Waals surface area contributed by atoms with Crippen LogP contribution in [0.5, 0.6) is 0 Å². The summed E-state index contributed by atoms with van der Waals surface area (Å²) in [4.78, 5) is 11.5. The van der Waals surface area contributed by atoms with E-state index in [1.54, 1.807) is 20.8 Å². The molecule has 0 saturated heterocycles. The zero-order chi connectivity index (χ0) is 12.2. The van der Waals surface area contributed by atoms with Crippen molar-refractivity contribution in [3.63, 3.8) is 0 Å². The van der Waals surface area contributed by atoms with Gasteiger partial charge in [-0.2, -0.15) is 0 Å². The third-order valence-corrected chi connectivity index (χ3v) is 1.79. The lowest BCUT2D eigenvalue weighted by Gasteiger charge is -2.21. The van der Waals surface area contributed by atoms with Crippen LogP contribution in [0, 0.1) is 0 Å². The summed E-state index contributed by atoms with van der Waals surface area (Å²) in [6.45, 7) is 5.41.